The van der Waals surface area contributed by atoms with E-state index >= 15 is 0 Å². The average molecular weight is 579 g/mol. The molecule has 0 amide bonds. The number of piperazine rings is 1. The van der Waals surface area contributed by atoms with Gasteiger partial charge in [-0.2, -0.15) is 9.67 Å². The zero-order chi connectivity index (χ0) is 28.2. The van der Waals surface area contributed by atoms with E-state index in [-0.39, 0.29) is 5.95 Å². The van der Waals surface area contributed by atoms with E-state index < -0.39 is 0 Å². The first-order valence-corrected chi connectivity index (χ1v) is 15.7. The molecule has 3 aliphatic rings. The smallest absolute Gasteiger partial charge is 0.248 e. The molecule has 42 heavy (non-hydrogen) atoms. The standard InChI is InChI=1S/C31H34N10S/c1-19-18-42-27-26(19)35-28(21-8-10-33-11-9-21)36-29(27)41-30(32)37-31(38-41)34-23-4-6-24(7-5-23)39-12-14-40(15-13-39)25-17-20-2-3-22(25)16-20/h4-11,18,20,22,25H,2-3,12-17H2,1H3,(H3,32,34,37,38)/t20?,22?,25-/m0/s1. The van der Waals surface area contributed by atoms with E-state index in [1.165, 1.54) is 31.4 Å². The third-order valence-corrected chi connectivity index (χ3v) is 10.4. The summed E-state index contributed by atoms with van der Waals surface area (Å²) in [5.74, 6) is 3.84. The Morgan fingerprint density at radius 1 is 0.929 bits per heavy atom. The fourth-order valence-corrected chi connectivity index (χ4v) is 8.14. The van der Waals surface area contributed by atoms with Gasteiger partial charge >= 0.3 is 0 Å². The van der Waals surface area contributed by atoms with Crippen LogP contribution < -0.4 is 16.0 Å². The zero-order valence-corrected chi connectivity index (χ0v) is 24.5. The normalized spacial score (nSPS) is 22.3. The summed E-state index contributed by atoms with van der Waals surface area (Å²) in [4.78, 5) is 23.6. The molecule has 0 radical (unpaired) electrons. The monoisotopic (exact) mass is 578 g/mol. The van der Waals surface area contributed by atoms with Gasteiger partial charge in [0.05, 0.1) is 10.2 Å². The Morgan fingerprint density at radius 3 is 2.48 bits per heavy atom. The predicted octanol–water partition coefficient (Wildman–Crippen LogP) is 5.28. The maximum atomic E-state index is 6.38. The van der Waals surface area contributed by atoms with Gasteiger partial charge in [0, 0.05) is 61.6 Å². The second-order valence-corrected chi connectivity index (χ2v) is 12.7. The van der Waals surface area contributed by atoms with Gasteiger partial charge in [0.1, 0.15) is 0 Å². The van der Waals surface area contributed by atoms with Crippen LogP contribution in [0.15, 0.2) is 54.2 Å². The summed E-state index contributed by atoms with van der Waals surface area (Å²) in [6.45, 7) is 6.54. The summed E-state index contributed by atoms with van der Waals surface area (Å²) in [6.07, 6.45) is 9.30. The predicted molar refractivity (Wildman–Crippen MR) is 167 cm³/mol. The number of benzene rings is 1. The van der Waals surface area contributed by atoms with Gasteiger partial charge in [-0.1, -0.05) is 6.42 Å². The highest BCUT2D eigenvalue weighted by Crippen LogP contribution is 2.46. The Labute approximate surface area is 248 Å². The molecule has 8 rings (SSSR count). The van der Waals surface area contributed by atoms with Crippen molar-refractivity contribution in [2.45, 2.75) is 38.6 Å². The van der Waals surface area contributed by atoms with E-state index in [9.17, 15) is 0 Å². The topological polar surface area (TPSA) is 114 Å². The minimum atomic E-state index is 0.259. The molecule has 214 valence electrons. The number of thiophene rings is 1. The third-order valence-electron chi connectivity index (χ3n) is 9.32. The van der Waals surface area contributed by atoms with Crippen LogP contribution in [0.25, 0.3) is 27.4 Å². The van der Waals surface area contributed by atoms with Crippen LogP contribution in [0.3, 0.4) is 0 Å². The van der Waals surface area contributed by atoms with Crippen molar-refractivity contribution in [3.05, 3.63) is 59.7 Å². The molecular weight excluding hydrogens is 544 g/mol. The fourth-order valence-electron chi connectivity index (χ4n) is 7.18. The molecule has 2 aliphatic carbocycles. The second kappa shape index (κ2) is 10.3. The molecule has 0 spiro atoms. The Hall–Kier alpha value is -4.09. The summed E-state index contributed by atoms with van der Waals surface area (Å²) in [6, 6.07) is 13.2. The van der Waals surface area contributed by atoms with Crippen LogP contribution in [-0.4, -0.2) is 66.8 Å². The van der Waals surface area contributed by atoms with Gasteiger partial charge in [0.2, 0.25) is 11.9 Å². The van der Waals surface area contributed by atoms with Crippen molar-refractivity contribution < 1.29 is 0 Å². The summed E-state index contributed by atoms with van der Waals surface area (Å²) >= 11 is 1.58. The van der Waals surface area contributed by atoms with E-state index in [4.69, 9.17) is 20.8 Å². The molecular formula is C31H34N10S. The molecule has 3 N–H and O–H groups in total. The van der Waals surface area contributed by atoms with Crippen LogP contribution in [0, 0.1) is 18.8 Å². The lowest BCUT2D eigenvalue weighted by Crippen LogP contribution is -2.51. The fraction of sp³-hybridized carbons (Fsp3) is 0.387. The highest BCUT2D eigenvalue weighted by atomic mass is 32.1. The first-order chi connectivity index (χ1) is 20.6. The van der Waals surface area contributed by atoms with Gasteiger partial charge in [0.15, 0.2) is 11.6 Å². The highest BCUT2D eigenvalue weighted by molar-refractivity contribution is 7.17. The Bertz CT molecular complexity index is 1720. The number of pyridine rings is 1. The third kappa shape index (κ3) is 4.57. The van der Waals surface area contributed by atoms with Crippen molar-refractivity contribution in [1.82, 2.24) is 34.6 Å². The van der Waals surface area contributed by atoms with Gasteiger partial charge in [-0.15, -0.1) is 16.4 Å². The molecule has 5 heterocycles. The lowest BCUT2D eigenvalue weighted by atomic mass is 9.93. The van der Waals surface area contributed by atoms with E-state index in [1.54, 1.807) is 28.4 Å². The van der Waals surface area contributed by atoms with Gasteiger partial charge in [-0.05, 0) is 85.4 Å². The lowest BCUT2D eigenvalue weighted by molar-refractivity contribution is 0.135. The van der Waals surface area contributed by atoms with E-state index in [2.05, 4.69) is 54.7 Å². The molecule has 2 bridgehead atoms. The van der Waals surface area contributed by atoms with Crippen LogP contribution in [0.2, 0.25) is 0 Å². The molecule has 1 aromatic carbocycles. The number of nitrogens with zero attached hydrogens (tertiary/aromatic N) is 8. The number of aryl methyl sites for hydroxylation is 1. The summed E-state index contributed by atoms with van der Waals surface area (Å²) < 4.78 is 2.51. The van der Waals surface area contributed by atoms with Crippen LogP contribution in [0.4, 0.5) is 23.3 Å². The molecule has 11 heteroatoms. The molecule has 1 aliphatic heterocycles. The van der Waals surface area contributed by atoms with Crippen molar-refractivity contribution in [3.8, 4) is 17.2 Å². The number of hydrogen-bond acceptors (Lipinski definition) is 10. The molecule has 3 atom stereocenters. The average Bonchev–Trinajstić information content (AvgIpc) is 3.83. The largest absolute Gasteiger partial charge is 0.369 e. The van der Waals surface area contributed by atoms with Crippen LogP contribution in [0.1, 0.15) is 31.2 Å². The maximum Gasteiger partial charge on any atom is 0.248 e. The first kappa shape index (κ1) is 25.6. The second-order valence-electron chi connectivity index (χ2n) is 11.8. The maximum absolute atomic E-state index is 6.38. The molecule has 3 fully saturated rings. The number of aromatic nitrogens is 6. The summed E-state index contributed by atoms with van der Waals surface area (Å²) in [5.41, 5.74) is 11.4. The number of nitrogens with two attached hydrogens (primary N) is 1. The van der Waals surface area contributed by atoms with Gasteiger partial charge in [-0.3, -0.25) is 9.88 Å². The van der Waals surface area contributed by atoms with E-state index in [0.717, 1.165) is 71.1 Å². The summed E-state index contributed by atoms with van der Waals surface area (Å²) in [5, 5.41) is 10.1. The quantitative estimate of drug-likeness (QED) is 0.278. The van der Waals surface area contributed by atoms with Crippen molar-refractivity contribution >= 4 is 44.8 Å². The van der Waals surface area contributed by atoms with Gasteiger partial charge in [-0.25, -0.2) is 9.97 Å². The van der Waals surface area contributed by atoms with Crippen LogP contribution in [-0.2, 0) is 0 Å². The van der Waals surface area contributed by atoms with Crippen LogP contribution in [0.5, 0.6) is 0 Å². The number of rotatable bonds is 6. The number of hydrogen-bond donors (Lipinski definition) is 2. The minimum Gasteiger partial charge on any atom is -0.369 e. The molecule has 2 saturated carbocycles. The first-order valence-electron chi connectivity index (χ1n) is 14.8. The highest BCUT2D eigenvalue weighted by Gasteiger charge is 2.42. The molecule has 2 unspecified atom stereocenters. The Kier molecular flexibility index (Phi) is 6.29. The van der Waals surface area contributed by atoms with Crippen molar-refractivity contribution in [2.75, 3.05) is 42.1 Å². The van der Waals surface area contributed by atoms with Crippen LogP contribution >= 0.6 is 11.3 Å². The zero-order valence-electron chi connectivity index (χ0n) is 23.6. The molecule has 5 aromatic rings. The van der Waals surface area contributed by atoms with E-state index in [1.807, 2.05) is 19.1 Å². The molecule has 10 nitrogen and oxygen atoms in total. The number of fused-ring (bicyclic) bond motifs is 3. The minimum absolute atomic E-state index is 0.259. The lowest BCUT2D eigenvalue weighted by Gasteiger charge is -2.41. The Balaban J connectivity index is 0.986. The van der Waals surface area contributed by atoms with Crippen molar-refractivity contribution in [2.24, 2.45) is 11.8 Å². The number of nitrogen functional groups attached to an aromatic ring is 1. The Morgan fingerprint density at radius 2 is 1.74 bits per heavy atom. The van der Waals surface area contributed by atoms with Gasteiger partial charge in [0.25, 0.3) is 0 Å². The SMILES string of the molecule is Cc1csc2c(-n3nc(Nc4ccc(N5CCN([C@H]6CC7CCC6C7)CC5)cc4)nc3N)nc(-c3ccncc3)nc12. The number of anilines is 4. The van der Waals surface area contributed by atoms with E-state index in [0.29, 0.717) is 17.6 Å². The van der Waals surface area contributed by atoms with Crippen molar-refractivity contribution in [3.63, 3.8) is 0 Å². The summed E-state index contributed by atoms with van der Waals surface area (Å²) in [7, 11) is 0. The molecule has 4 aromatic heterocycles. The molecule has 1 saturated heterocycles. The number of nitrogens with one attached hydrogen (secondary N) is 1. The van der Waals surface area contributed by atoms with Crippen molar-refractivity contribution in [1.29, 1.82) is 0 Å². The van der Waals surface area contributed by atoms with Gasteiger partial charge < -0.3 is 16.0 Å².